The van der Waals surface area contributed by atoms with Crippen molar-refractivity contribution < 1.29 is 14.6 Å². The number of hydrogen-bond donors (Lipinski definition) is 4. The highest BCUT2D eigenvalue weighted by Gasteiger charge is 2.21. The predicted molar refractivity (Wildman–Crippen MR) is 132 cm³/mol. The summed E-state index contributed by atoms with van der Waals surface area (Å²) in [5.41, 5.74) is 10.9. The van der Waals surface area contributed by atoms with E-state index in [-0.39, 0.29) is 0 Å². The maximum atomic E-state index is 10.5. The van der Waals surface area contributed by atoms with Gasteiger partial charge in [0.05, 0.1) is 18.4 Å². The third-order valence-electron chi connectivity index (χ3n) is 6.30. The van der Waals surface area contributed by atoms with Gasteiger partial charge in [0.1, 0.15) is 12.0 Å². The summed E-state index contributed by atoms with van der Waals surface area (Å²) in [4.78, 5) is 9.04. The van der Waals surface area contributed by atoms with Crippen molar-refractivity contribution in [3.63, 3.8) is 0 Å². The minimum atomic E-state index is -0.783. The number of aliphatic hydroxyl groups is 1. The third-order valence-corrected chi connectivity index (χ3v) is 6.30. The van der Waals surface area contributed by atoms with Gasteiger partial charge in [-0.2, -0.15) is 0 Å². The summed E-state index contributed by atoms with van der Waals surface area (Å²) in [7, 11) is 0. The molecule has 178 valence electrons. The first-order valence-corrected chi connectivity index (χ1v) is 11.9. The van der Waals surface area contributed by atoms with E-state index in [0.717, 1.165) is 53.8 Å². The van der Waals surface area contributed by atoms with Gasteiger partial charge in [-0.05, 0) is 74.5 Å². The SMILES string of the molecule is Nc1cc2ccc1-c1ccnc(n1)Nc1ccc(OC3CCC3)c(c1)COCCCCNC2O. The van der Waals surface area contributed by atoms with Crippen LogP contribution in [0.15, 0.2) is 48.7 Å². The number of nitrogens with zero attached hydrogens (tertiary/aromatic N) is 2. The van der Waals surface area contributed by atoms with Crippen LogP contribution < -0.4 is 21.1 Å². The van der Waals surface area contributed by atoms with E-state index >= 15 is 0 Å². The lowest BCUT2D eigenvalue weighted by Gasteiger charge is -2.27. The number of fused-ring (bicyclic) bond motifs is 9. The third kappa shape index (κ3) is 5.30. The molecule has 6 rings (SSSR count). The van der Waals surface area contributed by atoms with Crippen molar-refractivity contribution in [2.24, 2.45) is 0 Å². The molecule has 6 bridgehead atoms. The van der Waals surface area contributed by atoms with Gasteiger partial charge in [0.2, 0.25) is 5.95 Å². The lowest BCUT2D eigenvalue weighted by atomic mass is 9.96. The monoisotopic (exact) mass is 461 g/mol. The Morgan fingerprint density at radius 3 is 2.79 bits per heavy atom. The maximum absolute atomic E-state index is 10.5. The van der Waals surface area contributed by atoms with Crippen LogP contribution in [0.1, 0.15) is 49.5 Å². The van der Waals surface area contributed by atoms with Crippen molar-refractivity contribution in [2.45, 2.75) is 51.0 Å². The molecule has 2 aromatic carbocycles. The number of hydrogen-bond acceptors (Lipinski definition) is 8. The molecule has 1 fully saturated rings. The number of nitrogens with two attached hydrogens (primary N) is 1. The van der Waals surface area contributed by atoms with E-state index < -0.39 is 6.23 Å². The van der Waals surface area contributed by atoms with Crippen LogP contribution in [0.5, 0.6) is 5.75 Å². The predicted octanol–water partition coefficient (Wildman–Crippen LogP) is 4.29. The molecule has 1 saturated carbocycles. The number of aromatic nitrogens is 2. The average molecular weight is 462 g/mol. The summed E-state index contributed by atoms with van der Waals surface area (Å²) in [6.45, 7) is 1.77. The Hall–Kier alpha value is -3.20. The maximum Gasteiger partial charge on any atom is 0.227 e. The van der Waals surface area contributed by atoms with E-state index in [0.29, 0.717) is 43.2 Å². The molecule has 2 aliphatic heterocycles. The summed E-state index contributed by atoms with van der Waals surface area (Å²) < 4.78 is 12.2. The van der Waals surface area contributed by atoms with Crippen LogP contribution in [-0.2, 0) is 11.3 Å². The number of rotatable bonds is 2. The van der Waals surface area contributed by atoms with E-state index in [1.807, 2.05) is 36.4 Å². The first-order valence-electron chi connectivity index (χ1n) is 11.9. The minimum Gasteiger partial charge on any atom is -0.490 e. The van der Waals surface area contributed by atoms with Crippen LogP contribution >= 0.6 is 0 Å². The molecule has 3 aliphatic rings. The highest BCUT2D eigenvalue weighted by Crippen LogP contribution is 2.32. The van der Waals surface area contributed by atoms with Crippen molar-refractivity contribution in [3.05, 3.63) is 59.8 Å². The van der Waals surface area contributed by atoms with Gasteiger partial charge in [-0.1, -0.05) is 12.1 Å². The van der Waals surface area contributed by atoms with Gasteiger partial charge in [0.15, 0.2) is 0 Å². The zero-order valence-corrected chi connectivity index (χ0v) is 19.2. The lowest BCUT2D eigenvalue weighted by Crippen LogP contribution is -2.25. The molecule has 0 saturated heterocycles. The van der Waals surface area contributed by atoms with Crippen molar-refractivity contribution in [1.29, 1.82) is 0 Å². The van der Waals surface area contributed by atoms with Crippen molar-refractivity contribution in [3.8, 4) is 17.0 Å². The molecule has 0 spiro atoms. The standard InChI is InChI=1S/C26H31N5O3/c27-22-15-17-6-8-21(22)23-10-12-29-26(31-23)30-19-7-9-24(34-20-4-3-5-20)18(14-19)16-33-13-2-1-11-28-25(17)32/h6-10,12,14-15,20,25,28,32H,1-5,11,13,16,27H2,(H,29,30,31). The molecular formula is C26H31N5O3. The largest absolute Gasteiger partial charge is 0.490 e. The van der Waals surface area contributed by atoms with Gasteiger partial charge >= 0.3 is 0 Å². The Balaban J connectivity index is 1.45. The summed E-state index contributed by atoms with van der Waals surface area (Å²) in [6.07, 6.45) is 6.41. The fourth-order valence-corrected chi connectivity index (χ4v) is 4.10. The van der Waals surface area contributed by atoms with E-state index in [9.17, 15) is 5.11 Å². The first-order chi connectivity index (χ1) is 16.7. The van der Waals surface area contributed by atoms with E-state index in [1.54, 1.807) is 12.3 Å². The quantitative estimate of drug-likeness (QED) is 0.418. The molecule has 3 aromatic rings. The molecule has 34 heavy (non-hydrogen) atoms. The number of aliphatic hydroxyl groups excluding tert-OH is 1. The fourth-order valence-electron chi connectivity index (χ4n) is 4.10. The summed E-state index contributed by atoms with van der Waals surface area (Å²) in [5, 5.41) is 16.9. The normalized spacial score (nSPS) is 19.3. The second kappa shape index (κ2) is 10.4. The highest BCUT2D eigenvalue weighted by atomic mass is 16.5. The van der Waals surface area contributed by atoms with E-state index in [1.165, 1.54) is 6.42 Å². The molecule has 8 heteroatoms. The molecule has 8 nitrogen and oxygen atoms in total. The Kier molecular flexibility index (Phi) is 6.89. The smallest absolute Gasteiger partial charge is 0.227 e. The van der Waals surface area contributed by atoms with Crippen molar-refractivity contribution in [1.82, 2.24) is 15.3 Å². The van der Waals surface area contributed by atoms with Gasteiger partial charge < -0.3 is 25.6 Å². The van der Waals surface area contributed by atoms with E-state index in [4.69, 9.17) is 15.2 Å². The highest BCUT2D eigenvalue weighted by molar-refractivity contribution is 5.75. The second-order valence-electron chi connectivity index (χ2n) is 8.85. The summed E-state index contributed by atoms with van der Waals surface area (Å²) in [6, 6.07) is 13.4. The van der Waals surface area contributed by atoms with Gasteiger partial charge in [-0.15, -0.1) is 0 Å². The zero-order chi connectivity index (χ0) is 23.3. The molecule has 1 atom stereocenters. The van der Waals surface area contributed by atoms with Crippen LogP contribution in [0.3, 0.4) is 0 Å². The molecule has 3 heterocycles. The molecule has 1 unspecified atom stereocenters. The Bertz CT molecular complexity index is 1140. The van der Waals surface area contributed by atoms with Crippen LogP contribution in [-0.4, -0.2) is 34.3 Å². The number of nitrogens with one attached hydrogen (secondary N) is 2. The topological polar surface area (TPSA) is 115 Å². The van der Waals surface area contributed by atoms with Gasteiger partial charge in [-0.3, -0.25) is 5.32 Å². The Morgan fingerprint density at radius 1 is 1.06 bits per heavy atom. The summed E-state index contributed by atoms with van der Waals surface area (Å²) >= 11 is 0. The average Bonchev–Trinajstić information content (AvgIpc) is 2.81. The Morgan fingerprint density at radius 2 is 1.97 bits per heavy atom. The Labute approximate surface area is 199 Å². The molecule has 0 amide bonds. The van der Waals surface area contributed by atoms with Gasteiger partial charge in [0.25, 0.3) is 0 Å². The van der Waals surface area contributed by atoms with Gasteiger partial charge in [0, 0.05) is 35.3 Å². The van der Waals surface area contributed by atoms with Crippen LogP contribution in [0.25, 0.3) is 11.3 Å². The number of benzene rings is 2. The van der Waals surface area contributed by atoms with E-state index in [2.05, 4.69) is 20.6 Å². The van der Waals surface area contributed by atoms with Crippen LogP contribution in [0, 0.1) is 0 Å². The van der Waals surface area contributed by atoms with Crippen molar-refractivity contribution in [2.75, 3.05) is 24.2 Å². The lowest BCUT2D eigenvalue weighted by molar-refractivity contribution is 0.0971. The van der Waals surface area contributed by atoms with Crippen LogP contribution in [0.4, 0.5) is 17.3 Å². The second-order valence-corrected chi connectivity index (χ2v) is 8.85. The molecule has 1 aromatic heterocycles. The van der Waals surface area contributed by atoms with Gasteiger partial charge in [-0.25, -0.2) is 9.97 Å². The number of anilines is 3. The molecule has 1 aliphatic carbocycles. The van der Waals surface area contributed by atoms with Crippen LogP contribution in [0.2, 0.25) is 0 Å². The van der Waals surface area contributed by atoms with Crippen molar-refractivity contribution >= 4 is 17.3 Å². The minimum absolute atomic E-state index is 0.293. The number of ether oxygens (including phenoxy) is 2. The zero-order valence-electron chi connectivity index (χ0n) is 19.2. The molecule has 5 N–H and O–H groups in total. The fraction of sp³-hybridized carbons (Fsp3) is 0.385. The number of nitrogen functional groups attached to an aromatic ring is 1. The first kappa shape index (κ1) is 22.6. The summed E-state index contributed by atoms with van der Waals surface area (Å²) in [5.74, 6) is 1.34. The molecular weight excluding hydrogens is 430 g/mol. The molecule has 0 radical (unpaired) electrons.